The van der Waals surface area contributed by atoms with Crippen molar-refractivity contribution < 1.29 is 5.11 Å². The van der Waals surface area contributed by atoms with Crippen LogP contribution in [0.2, 0.25) is 0 Å². The number of nitrogens with one attached hydrogen (secondary N) is 2. The van der Waals surface area contributed by atoms with Crippen molar-refractivity contribution in [3.8, 4) is 0 Å². The van der Waals surface area contributed by atoms with Gasteiger partial charge in [0.05, 0.1) is 0 Å². The first kappa shape index (κ1) is 13.2. The Labute approximate surface area is 104 Å². The lowest BCUT2D eigenvalue weighted by Crippen LogP contribution is -2.18. The number of nitrogens with zero attached hydrogens (tertiary/aromatic N) is 2. The summed E-state index contributed by atoms with van der Waals surface area (Å²) < 4.78 is 0.821. The van der Waals surface area contributed by atoms with Crippen LogP contribution in [0.5, 0.6) is 0 Å². The van der Waals surface area contributed by atoms with Crippen molar-refractivity contribution in [2.45, 2.75) is 26.3 Å². The van der Waals surface area contributed by atoms with E-state index in [0.717, 1.165) is 22.7 Å². The smallest absolute Gasteiger partial charge is 0.146 e. The molecular formula is C10H17BrN4O. The standard InChI is InChI=1S/C10H17BrN4O/c1-3-12-9-8(11)10(14-6-13-9)15-7(2)4-5-16/h6-7,16H,3-5H2,1-2H3,(H2,12,13,14,15). The number of hydrogen-bond donors (Lipinski definition) is 3. The third-order valence-electron chi connectivity index (χ3n) is 2.08. The molecule has 3 N–H and O–H groups in total. The third kappa shape index (κ3) is 3.61. The molecule has 6 heteroatoms. The Hall–Kier alpha value is -0.880. The molecule has 1 heterocycles. The second kappa shape index (κ2) is 6.65. The van der Waals surface area contributed by atoms with E-state index in [1.807, 2.05) is 13.8 Å². The van der Waals surface area contributed by atoms with Crippen LogP contribution >= 0.6 is 15.9 Å². The summed E-state index contributed by atoms with van der Waals surface area (Å²) in [4.78, 5) is 8.28. The average molecular weight is 289 g/mol. The van der Waals surface area contributed by atoms with Gasteiger partial charge in [-0.15, -0.1) is 0 Å². The van der Waals surface area contributed by atoms with Crippen LogP contribution in [-0.4, -0.2) is 34.3 Å². The summed E-state index contributed by atoms with van der Waals surface area (Å²) in [7, 11) is 0. The lowest BCUT2D eigenvalue weighted by atomic mass is 10.2. The van der Waals surface area contributed by atoms with Crippen LogP contribution < -0.4 is 10.6 Å². The highest BCUT2D eigenvalue weighted by molar-refractivity contribution is 9.10. The first-order valence-electron chi connectivity index (χ1n) is 5.30. The van der Waals surface area contributed by atoms with Crippen molar-refractivity contribution in [1.29, 1.82) is 0 Å². The van der Waals surface area contributed by atoms with Gasteiger partial charge in [-0.1, -0.05) is 0 Å². The minimum atomic E-state index is 0.164. The predicted octanol–water partition coefficient (Wildman–Crippen LogP) is 1.85. The maximum atomic E-state index is 8.83. The van der Waals surface area contributed by atoms with E-state index in [-0.39, 0.29) is 12.6 Å². The number of rotatable bonds is 6. The molecule has 0 radical (unpaired) electrons. The molecule has 0 saturated heterocycles. The molecule has 1 aromatic rings. The summed E-state index contributed by atoms with van der Waals surface area (Å²) >= 11 is 3.45. The molecule has 1 atom stereocenters. The number of aliphatic hydroxyl groups excluding tert-OH is 1. The van der Waals surface area contributed by atoms with Crippen LogP contribution in [0.4, 0.5) is 11.6 Å². The fraction of sp³-hybridized carbons (Fsp3) is 0.600. The Morgan fingerprint density at radius 1 is 1.44 bits per heavy atom. The van der Waals surface area contributed by atoms with E-state index in [4.69, 9.17) is 5.11 Å². The van der Waals surface area contributed by atoms with Crippen LogP contribution in [0.25, 0.3) is 0 Å². The topological polar surface area (TPSA) is 70.1 Å². The Balaban J connectivity index is 2.76. The first-order chi connectivity index (χ1) is 7.69. The molecule has 0 aliphatic heterocycles. The van der Waals surface area contributed by atoms with E-state index in [1.165, 1.54) is 6.33 Å². The van der Waals surface area contributed by atoms with Crippen molar-refractivity contribution in [2.75, 3.05) is 23.8 Å². The SMILES string of the molecule is CCNc1ncnc(NC(C)CCO)c1Br. The second-order valence-electron chi connectivity index (χ2n) is 3.47. The van der Waals surface area contributed by atoms with Gasteiger partial charge in [0.1, 0.15) is 22.4 Å². The van der Waals surface area contributed by atoms with E-state index < -0.39 is 0 Å². The molecule has 0 fully saturated rings. The van der Waals surface area contributed by atoms with Crippen LogP contribution in [-0.2, 0) is 0 Å². The lowest BCUT2D eigenvalue weighted by Gasteiger charge is -2.15. The molecule has 5 nitrogen and oxygen atoms in total. The Morgan fingerprint density at radius 3 is 2.75 bits per heavy atom. The van der Waals surface area contributed by atoms with Gasteiger partial charge < -0.3 is 15.7 Å². The van der Waals surface area contributed by atoms with Gasteiger partial charge in [0.15, 0.2) is 0 Å². The van der Waals surface area contributed by atoms with Gasteiger partial charge >= 0.3 is 0 Å². The molecule has 16 heavy (non-hydrogen) atoms. The largest absolute Gasteiger partial charge is 0.396 e. The van der Waals surface area contributed by atoms with E-state index in [1.54, 1.807) is 0 Å². The van der Waals surface area contributed by atoms with Gasteiger partial charge in [-0.2, -0.15) is 0 Å². The van der Waals surface area contributed by atoms with E-state index in [0.29, 0.717) is 6.42 Å². The second-order valence-corrected chi connectivity index (χ2v) is 4.27. The van der Waals surface area contributed by atoms with Crippen LogP contribution in [0.1, 0.15) is 20.3 Å². The van der Waals surface area contributed by atoms with Crippen molar-refractivity contribution in [3.63, 3.8) is 0 Å². The first-order valence-corrected chi connectivity index (χ1v) is 6.10. The van der Waals surface area contributed by atoms with Crippen molar-refractivity contribution in [3.05, 3.63) is 10.8 Å². The summed E-state index contributed by atoms with van der Waals surface area (Å²) in [6, 6.07) is 0.172. The molecule has 0 aliphatic carbocycles. The third-order valence-corrected chi connectivity index (χ3v) is 2.83. The molecule has 0 saturated carbocycles. The fourth-order valence-corrected chi connectivity index (χ4v) is 1.72. The summed E-state index contributed by atoms with van der Waals surface area (Å²) in [5.74, 6) is 1.52. The van der Waals surface area contributed by atoms with Crippen LogP contribution in [0, 0.1) is 0 Å². The molecule has 1 rings (SSSR count). The normalized spacial score (nSPS) is 12.2. The summed E-state index contributed by atoms with van der Waals surface area (Å²) in [5, 5.41) is 15.2. The minimum Gasteiger partial charge on any atom is -0.396 e. The number of aromatic nitrogens is 2. The van der Waals surface area contributed by atoms with Gasteiger partial charge in [-0.3, -0.25) is 0 Å². The van der Waals surface area contributed by atoms with Crippen molar-refractivity contribution in [1.82, 2.24) is 9.97 Å². The summed E-state index contributed by atoms with van der Waals surface area (Å²) in [6.07, 6.45) is 2.20. The van der Waals surface area contributed by atoms with Crippen LogP contribution in [0.15, 0.2) is 10.8 Å². The predicted molar refractivity (Wildman–Crippen MR) is 68.7 cm³/mol. The van der Waals surface area contributed by atoms with Crippen molar-refractivity contribution >= 4 is 27.6 Å². The molecule has 0 amide bonds. The van der Waals surface area contributed by atoms with E-state index in [2.05, 4.69) is 36.5 Å². The summed E-state index contributed by atoms with van der Waals surface area (Å²) in [6.45, 7) is 4.98. The molecule has 1 unspecified atom stereocenters. The number of hydrogen-bond acceptors (Lipinski definition) is 5. The molecule has 1 aromatic heterocycles. The zero-order chi connectivity index (χ0) is 12.0. The number of halogens is 1. The van der Waals surface area contributed by atoms with E-state index >= 15 is 0 Å². The number of anilines is 2. The monoisotopic (exact) mass is 288 g/mol. The highest BCUT2D eigenvalue weighted by Crippen LogP contribution is 2.26. The van der Waals surface area contributed by atoms with Gasteiger partial charge in [-0.25, -0.2) is 9.97 Å². The maximum Gasteiger partial charge on any atom is 0.146 e. The molecule has 0 aromatic carbocycles. The molecule has 0 aliphatic rings. The quantitative estimate of drug-likeness (QED) is 0.745. The molecule has 0 bridgehead atoms. The Bertz CT molecular complexity index is 335. The minimum absolute atomic E-state index is 0.164. The van der Waals surface area contributed by atoms with Gasteiger partial charge in [-0.05, 0) is 36.2 Å². The molecule has 90 valence electrons. The Kier molecular flexibility index (Phi) is 5.48. The van der Waals surface area contributed by atoms with Gasteiger partial charge in [0.2, 0.25) is 0 Å². The average Bonchev–Trinajstić information content (AvgIpc) is 2.24. The van der Waals surface area contributed by atoms with Gasteiger partial charge in [0.25, 0.3) is 0 Å². The zero-order valence-corrected chi connectivity index (χ0v) is 11.1. The lowest BCUT2D eigenvalue weighted by molar-refractivity contribution is 0.282. The van der Waals surface area contributed by atoms with Crippen molar-refractivity contribution in [2.24, 2.45) is 0 Å². The highest BCUT2D eigenvalue weighted by Gasteiger charge is 2.10. The maximum absolute atomic E-state index is 8.83. The molecular weight excluding hydrogens is 272 g/mol. The Morgan fingerprint density at radius 2 is 2.12 bits per heavy atom. The fourth-order valence-electron chi connectivity index (χ4n) is 1.26. The summed E-state index contributed by atoms with van der Waals surface area (Å²) in [5.41, 5.74) is 0. The van der Waals surface area contributed by atoms with Crippen LogP contribution in [0.3, 0.4) is 0 Å². The zero-order valence-electron chi connectivity index (χ0n) is 9.50. The number of aliphatic hydroxyl groups is 1. The van der Waals surface area contributed by atoms with Gasteiger partial charge in [0, 0.05) is 19.2 Å². The highest BCUT2D eigenvalue weighted by atomic mass is 79.9. The van der Waals surface area contributed by atoms with E-state index in [9.17, 15) is 0 Å². The molecule has 0 spiro atoms.